The Kier molecular flexibility index (Phi) is 5.16. The van der Waals surface area contributed by atoms with Crippen LogP contribution < -0.4 is 5.73 Å². The van der Waals surface area contributed by atoms with Gasteiger partial charge in [-0.05, 0) is 49.1 Å². The molecule has 8 heteroatoms. The molecule has 0 saturated heterocycles. The van der Waals surface area contributed by atoms with E-state index in [2.05, 4.69) is 9.97 Å². The van der Waals surface area contributed by atoms with Crippen molar-refractivity contribution >= 4 is 32.9 Å². The molecular weight excluding hydrogens is 404 g/mol. The van der Waals surface area contributed by atoms with E-state index in [0.717, 1.165) is 20.0 Å². The summed E-state index contributed by atoms with van der Waals surface area (Å²) in [6.45, 7) is 1.91. The summed E-state index contributed by atoms with van der Waals surface area (Å²) in [6.07, 6.45) is 5.03. The molecule has 0 amide bonds. The third kappa shape index (κ3) is 3.66. The summed E-state index contributed by atoms with van der Waals surface area (Å²) >= 11 is 1.66. The van der Waals surface area contributed by atoms with Crippen LogP contribution in [0.1, 0.15) is 22.9 Å². The highest BCUT2D eigenvalue weighted by Gasteiger charge is 2.21. The van der Waals surface area contributed by atoms with Crippen LogP contribution in [0.4, 0.5) is 0 Å². The van der Waals surface area contributed by atoms with Gasteiger partial charge in [-0.3, -0.25) is 0 Å². The van der Waals surface area contributed by atoms with E-state index >= 15 is 0 Å². The maximum Gasteiger partial charge on any atom is 0.269 e. The fraction of sp³-hybridized carbons (Fsp3) is 0.143. The van der Waals surface area contributed by atoms with Crippen LogP contribution >= 0.6 is 11.8 Å². The van der Waals surface area contributed by atoms with E-state index in [0.29, 0.717) is 11.2 Å². The highest BCUT2D eigenvalue weighted by Crippen LogP contribution is 2.24. The molecule has 2 aromatic heterocycles. The van der Waals surface area contributed by atoms with E-state index in [1.807, 2.05) is 37.4 Å². The molecule has 1 atom stereocenters. The maximum atomic E-state index is 13.0. The monoisotopic (exact) mass is 424 g/mol. The minimum Gasteiger partial charge on any atom is -0.319 e. The lowest BCUT2D eigenvalue weighted by Crippen LogP contribution is -2.15. The Balaban J connectivity index is 1.71. The molecular formula is C21H20N4O2S2. The molecule has 0 saturated carbocycles. The van der Waals surface area contributed by atoms with Gasteiger partial charge in [-0.25, -0.2) is 22.4 Å². The van der Waals surface area contributed by atoms with Crippen LogP contribution in [0.5, 0.6) is 0 Å². The summed E-state index contributed by atoms with van der Waals surface area (Å²) < 4.78 is 27.1. The van der Waals surface area contributed by atoms with Crippen molar-refractivity contribution in [3.63, 3.8) is 0 Å². The standard InChI is InChI=1S/C21H20N4O2S2/c1-14-3-9-17(10-4-14)29(26,27)25-12-11-18-21(25)23-13-19(24-18)20(22)15-5-7-16(28-2)8-6-15/h3-13,20H,22H2,1-2H3. The lowest BCUT2D eigenvalue weighted by Gasteiger charge is -2.12. The van der Waals surface area contributed by atoms with Crippen molar-refractivity contribution < 1.29 is 8.42 Å². The third-order valence-corrected chi connectivity index (χ3v) is 7.17. The first kappa shape index (κ1) is 19.6. The van der Waals surface area contributed by atoms with E-state index in [-0.39, 0.29) is 10.5 Å². The predicted octanol–water partition coefficient (Wildman–Crippen LogP) is 3.75. The third-order valence-electron chi connectivity index (χ3n) is 4.75. The van der Waals surface area contributed by atoms with E-state index in [1.165, 1.54) is 12.4 Å². The van der Waals surface area contributed by atoms with Gasteiger partial charge >= 0.3 is 0 Å². The summed E-state index contributed by atoms with van der Waals surface area (Å²) in [4.78, 5) is 10.3. The average Bonchev–Trinajstić information content (AvgIpc) is 3.17. The number of hydrogen-bond acceptors (Lipinski definition) is 6. The van der Waals surface area contributed by atoms with Crippen molar-refractivity contribution in [3.8, 4) is 0 Å². The maximum absolute atomic E-state index is 13.0. The number of nitrogens with two attached hydrogens (primary N) is 1. The van der Waals surface area contributed by atoms with Gasteiger partial charge < -0.3 is 5.73 Å². The van der Waals surface area contributed by atoms with Crippen molar-refractivity contribution in [3.05, 3.63) is 83.8 Å². The Morgan fingerprint density at radius 2 is 1.72 bits per heavy atom. The van der Waals surface area contributed by atoms with Crippen LogP contribution in [0.15, 0.2) is 76.8 Å². The molecule has 0 bridgehead atoms. The Morgan fingerprint density at radius 3 is 2.38 bits per heavy atom. The van der Waals surface area contributed by atoms with Gasteiger partial charge in [0.25, 0.3) is 10.0 Å². The summed E-state index contributed by atoms with van der Waals surface area (Å²) in [5, 5.41) is 0. The van der Waals surface area contributed by atoms with Crippen LogP contribution in [0.3, 0.4) is 0 Å². The zero-order valence-corrected chi connectivity index (χ0v) is 17.6. The van der Waals surface area contributed by atoms with E-state index in [1.54, 1.807) is 42.1 Å². The van der Waals surface area contributed by atoms with Crippen LogP contribution in [-0.4, -0.2) is 28.6 Å². The molecule has 29 heavy (non-hydrogen) atoms. The van der Waals surface area contributed by atoms with Crippen molar-refractivity contribution in [2.45, 2.75) is 22.8 Å². The van der Waals surface area contributed by atoms with Gasteiger partial charge in [0.05, 0.1) is 22.8 Å². The number of fused-ring (bicyclic) bond motifs is 1. The van der Waals surface area contributed by atoms with Crippen LogP contribution in [0, 0.1) is 6.92 Å². The smallest absolute Gasteiger partial charge is 0.269 e. The first-order chi connectivity index (χ1) is 13.9. The van der Waals surface area contributed by atoms with E-state index in [9.17, 15) is 8.42 Å². The van der Waals surface area contributed by atoms with Crippen molar-refractivity contribution in [2.75, 3.05) is 6.26 Å². The molecule has 2 N–H and O–H groups in total. The SMILES string of the molecule is CSc1ccc(C(N)c2cnc3c(ccn3S(=O)(=O)c3ccc(C)cc3)n2)cc1. The second-order valence-corrected chi connectivity index (χ2v) is 9.38. The van der Waals surface area contributed by atoms with E-state index in [4.69, 9.17) is 5.73 Å². The number of rotatable bonds is 5. The van der Waals surface area contributed by atoms with Gasteiger partial charge in [0.15, 0.2) is 5.65 Å². The molecule has 0 radical (unpaired) electrons. The number of nitrogens with zero attached hydrogens (tertiary/aromatic N) is 3. The minimum absolute atomic E-state index is 0.206. The first-order valence-corrected chi connectivity index (χ1v) is 11.6. The molecule has 1 unspecified atom stereocenters. The average molecular weight is 425 g/mol. The predicted molar refractivity (Wildman–Crippen MR) is 116 cm³/mol. The summed E-state index contributed by atoms with van der Waals surface area (Å²) in [5.41, 5.74) is 9.61. The lowest BCUT2D eigenvalue weighted by atomic mass is 10.1. The molecule has 0 aliphatic rings. The minimum atomic E-state index is -3.75. The lowest BCUT2D eigenvalue weighted by molar-refractivity contribution is 0.588. The second-order valence-electron chi connectivity index (χ2n) is 6.68. The molecule has 6 nitrogen and oxygen atoms in total. The number of benzene rings is 2. The van der Waals surface area contributed by atoms with Gasteiger partial charge in [0, 0.05) is 11.1 Å². The second kappa shape index (κ2) is 7.62. The summed E-state index contributed by atoms with van der Waals surface area (Å²) in [6, 6.07) is 15.9. The molecule has 148 valence electrons. The Hall–Kier alpha value is -2.68. The number of hydrogen-bond donors (Lipinski definition) is 1. The molecule has 2 heterocycles. The number of thioether (sulfide) groups is 1. The normalized spacial score (nSPS) is 12.9. The van der Waals surface area contributed by atoms with Crippen molar-refractivity contribution in [2.24, 2.45) is 5.73 Å². The van der Waals surface area contributed by atoms with E-state index < -0.39 is 16.1 Å². The summed E-state index contributed by atoms with van der Waals surface area (Å²) in [7, 11) is -3.75. The largest absolute Gasteiger partial charge is 0.319 e. The van der Waals surface area contributed by atoms with Gasteiger partial charge in [0.2, 0.25) is 0 Å². The summed E-state index contributed by atoms with van der Waals surface area (Å²) in [5.74, 6) is 0. The zero-order chi connectivity index (χ0) is 20.6. The van der Waals surface area contributed by atoms with Crippen molar-refractivity contribution in [1.29, 1.82) is 0 Å². The van der Waals surface area contributed by atoms with Crippen LogP contribution in [0.25, 0.3) is 11.2 Å². The highest BCUT2D eigenvalue weighted by molar-refractivity contribution is 7.98. The topological polar surface area (TPSA) is 90.9 Å². The molecule has 0 fully saturated rings. The fourth-order valence-electron chi connectivity index (χ4n) is 3.05. The van der Waals surface area contributed by atoms with Gasteiger partial charge in [-0.15, -0.1) is 11.8 Å². The zero-order valence-electron chi connectivity index (χ0n) is 16.0. The molecule has 0 aliphatic carbocycles. The number of aryl methyl sites for hydroxylation is 1. The van der Waals surface area contributed by atoms with Gasteiger partial charge in [-0.1, -0.05) is 29.8 Å². The van der Waals surface area contributed by atoms with Gasteiger partial charge in [-0.2, -0.15) is 0 Å². The van der Waals surface area contributed by atoms with Gasteiger partial charge in [0.1, 0.15) is 5.52 Å². The quantitative estimate of drug-likeness (QED) is 0.491. The Labute approximate surface area is 173 Å². The molecule has 4 rings (SSSR count). The Bertz CT molecular complexity index is 1260. The molecule has 2 aromatic carbocycles. The molecule has 4 aromatic rings. The Morgan fingerprint density at radius 1 is 1.03 bits per heavy atom. The van der Waals surface area contributed by atoms with Crippen molar-refractivity contribution in [1.82, 2.24) is 13.9 Å². The first-order valence-electron chi connectivity index (χ1n) is 8.96. The van der Waals surface area contributed by atoms with Crippen LogP contribution in [0.2, 0.25) is 0 Å². The highest BCUT2D eigenvalue weighted by atomic mass is 32.2. The molecule has 0 aliphatic heterocycles. The fourth-order valence-corrected chi connectivity index (χ4v) is 4.76. The van der Waals surface area contributed by atoms with Crippen LogP contribution in [-0.2, 0) is 10.0 Å². The number of aromatic nitrogens is 3. The molecule has 0 spiro atoms.